The lowest BCUT2D eigenvalue weighted by Gasteiger charge is -2.30. The van der Waals surface area contributed by atoms with Crippen LogP contribution in [0.15, 0.2) is 59.1 Å². The lowest BCUT2D eigenvalue weighted by molar-refractivity contribution is -0.126. The number of amides is 1. The van der Waals surface area contributed by atoms with Crippen molar-refractivity contribution < 1.29 is 9.32 Å². The average Bonchev–Trinajstić information content (AvgIpc) is 3.28. The Kier molecular flexibility index (Phi) is 7.96. The first kappa shape index (κ1) is 22.6. The van der Waals surface area contributed by atoms with Crippen LogP contribution < -0.4 is 5.32 Å². The summed E-state index contributed by atoms with van der Waals surface area (Å²) in [5.41, 5.74) is 3.46. The summed E-state index contributed by atoms with van der Waals surface area (Å²) in [6.07, 6.45) is 1.73. The fourth-order valence-electron chi connectivity index (χ4n) is 3.92. The number of rotatable bonds is 9. The van der Waals surface area contributed by atoms with Crippen molar-refractivity contribution in [3.63, 3.8) is 0 Å². The molecule has 1 aliphatic rings. The Hall–Kier alpha value is -2.64. The van der Waals surface area contributed by atoms with Crippen LogP contribution >= 0.6 is 11.8 Å². The number of hydrogen-bond acceptors (Lipinski definition) is 6. The molecule has 1 fully saturated rings. The molecule has 4 rings (SSSR count). The van der Waals surface area contributed by atoms with E-state index >= 15 is 0 Å². The van der Waals surface area contributed by atoms with Gasteiger partial charge in [0.05, 0.1) is 6.54 Å². The van der Waals surface area contributed by atoms with Crippen LogP contribution in [0.2, 0.25) is 0 Å². The van der Waals surface area contributed by atoms with Crippen molar-refractivity contribution in [3.8, 4) is 11.4 Å². The molecule has 2 aromatic carbocycles. The Balaban J connectivity index is 1.15. The van der Waals surface area contributed by atoms with Crippen LogP contribution in [-0.4, -0.2) is 46.3 Å². The second kappa shape index (κ2) is 11.3. The second-order valence-electron chi connectivity index (χ2n) is 8.26. The lowest BCUT2D eigenvalue weighted by Crippen LogP contribution is -2.40. The molecule has 2 heterocycles. The van der Waals surface area contributed by atoms with E-state index < -0.39 is 0 Å². The molecule has 6 nitrogen and oxygen atoms in total. The van der Waals surface area contributed by atoms with Gasteiger partial charge in [-0.3, -0.25) is 9.69 Å². The normalized spacial score (nSPS) is 15.0. The minimum atomic E-state index is 0.0934. The number of carbonyl (C=O) groups is 1. The highest BCUT2D eigenvalue weighted by molar-refractivity contribution is 7.98. The first-order valence-corrected chi connectivity index (χ1v) is 12.3. The van der Waals surface area contributed by atoms with E-state index in [1.54, 1.807) is 0 Å². The maximum atomic E-state index is 12.5. The van der Waals surface area contributed by atoms with Crippen molar-refractivity contribution in [3.05, 3.63) is 71.6 Å². The van der Waals surface area contributed by atoms with Crippen molar-refractivity contribution in [1.29, 1.82) is 0 Å². The summed E-state index contributed by atoms with van der Waals surface area (Å²) in [6, 6.07) is 18.5. The van der Waals surface area contributed by atoms with E-state index in [1.165, 1.54) is 11.1 Å². The molecule has 7 heteroatoms. The summed E-state index contributed by atoms with van der Waals surface area (Å²) in [4.78, 5) is 19.3. The number of carbonyl (C=O) groups excluding carboxylic acids is 1. The van der Waals surface area contributed by atoms with Gasteiger partial charge in [-0.15, -0.1) is 0 Å². The Morgan fingerprint density at radius 1 is 1.16 bits per heavy atom. The fraction of sp³-hybridized carbons (Fsp3) is 0.400. The topological polar surface area (TPSA) is 71.3 Å². The van der Waals surface area contributed by atoms with Gasteiger partial charge in [-0.25, -0.2) is 0 Å². The second-order valence-corrected chi connectivity index (χ2v) is 9.37. The summed E-state index contributed by atoms with van der Waals surface area (Å²) in [6.45, 7) is 5.13. The monoisotopic (exact) mass is 450 g/mol. The Morgan fingerprint density at radius 2 is 1.97 bits per heavy atom. The molecule has 0 atom stereocenters. The number of aromatic nitrogens is 2. The van der Waals surface area contributed by atoms with E-state index in [1.807, 2.05) is 43.0 Å². The molecule has 0 aliphatic carbocycles. The number of piperidine rings is 1. The quantitative estimate of drug-likeness (QED) is 0.490. The molecule has 1 aromatic heterocycles. The van der Waals surface area contributed by atoms with E-state index in [0.29, 0.717) is 18.3 Å². The average molecular weight is 451 g/mol. The molecule has 0 unspecified atom stereocenters. The van der Waals surface area contributed by atoms with E-state index in [2.05, 4.69) is 50.7 Å². The van der Waals surface area contributed by atoms with Crippen molar-refractivity contribution in [2.75, 3.05) is 25.4 Å². The van der Waals surface area contributed by atoms with Gasteiger partial charge >= 0.3 is 0 Å². The van der Waals surface area contributed by atoms with Gasteiger partial charge < -0.3 is 9.84 Å². The van der Waals surface area contributed by atoms with Crippen LogP contribution in [0.3, 0.4) is 0 Å². The van der Waals surface area contributed by atoms with Gasteiger partial charge in [-0.2, -0.15) is 16.7 Å². The number of nitrogens with zero attached hydrogens (tertiary/aromatic N) is 3. The van der Waals surface area contributed by atoms with Crippen LogP contribution in [0.25, 0.3) is 11.4 Å². The summed E-state index contributed by atoms with van der Waals surface area (Å²) >= 11 is 1.85. The zero-order valence-electron chi connectivity index (χ0n) is 18.5. The maximum absolute atomic E-state index is 12.5. The van der Waals surface area contributed by atoms with Crippen molar-refractivity contribution >= 4 is 17.7 Å². The summed E-state index contributed by atoms with van der Waals surface area (Å²) in [7, 11) is 0. The molecule has 0 spiro atoms. The van der Waals surface area contributed by atoms with Gasteiger partial charge in [0.25, 0.3) is 0 Å². The molecule has 0 saturated carbocycles. The Bertz CT molecular complexity index is 1000. The van der Waals surface area contributed by atoms with Crippen molar-refractivity contribution in [2.45, 2.75) is 32.1 Å². The van der Waals surface area contributed by atoms with Gasteiger partial charge in [-0.1, -0.05) is 59.3 Å². The number of nitrogens with one attached hydrogen (secondary N) is 1. The number of thioether (sulfide) groups is 1. The van der Waals surface area contributed by atoms with Crippen LogP contribution in [-0.2, 0) is 17.1 Å². The van der Waals surface area contributed by atoms with Gasteiger partial charge in [0, 0.05) is 29.5 Å². The molecule has 1 aliphatic heterocycles. The SMILES string of the molecule is Cc1cccc(-c2noc(CN3CCC(C(=O)NCCSCc4ccccc4)CC3)n2)c1. The largest absolute Gasteiger partial charge is 0.355 e. The van der Waals surface area contributed by atoms with E-state index in [0.717, 1.165) is 49.5 Å². The summed E-state index contributed by atoms with van der Waals surface area (Å²) in [5, 5.41) is 7.24. The number of likely N-dealkylation sites (tertiary alicyclic amines) is 1. The molecule has 1 N–H and O–H groups in total. The minimum Gasteiger partial charge on any atom is -0.355 e. The standard InChI is InChI=1S/C25H30N4O2S/c1-19-6-5-9-22(16-19)24-27-23(31-28-24)17-29-13-10-21(11-14-29)25(30)26-12-15-32-18-20-7-3-2-4-8-20/h2-9,16,21H,10-15,17-18H2,1H3,(H,26,30). The first-order valence-electron chi connectivity index (χ1n) is 11.2. The predicted octanol–water partition coefficient (Wildman–Crippen LogP) is 4.31. The number of aryl methyl sites for hydroxylation is 1. The third-order valence-corrected chi connectivity index (χ3v) is 6.75. The predicted molar refractivity (Wildman–Crippen MR) is 128 cm³/mol. The lowest BCUT2D eigenvalue weighted by atomic mass is 9.96. The number of hydrogen-bond donors (Lipinski definition) is 1. The highest BCUT2D eigenvalue weighted by atomic mass is 32.2. The zero-order valence-corrected chi connectivity index (χ0v) is 19.3. The molecular weight excluding hydrogens is 420 g/mol. The third kappa shape index (κ3) is 6.43. The van der Waals surface area contributed by atoms with Crippen molar-refractivity contribution in [1.82, 2.24) is 20.4 Å². The van der Waals surface area contributed by atoms with Crippen molar-refractivity contribution in [2.24, 2.45) is 5.92 Å². The van der Waals surface area contributed by atoms with Gasteiger partial charge in [0.2, 0.25) is 17.6 Å². The molecule has 3 aromatic rings. The fourth-order valence-corrected chi connectivity index (χ4v) is 4.74. The van der Waals surface area contributed by atoms with Crippen LogP contribution in [0, 0.1) is 12.8 Å². The Labute approximate surface area is 193 Å². The highest BCUT2D eigenvalue weighted by Crippen LogP contribution is 2.21. The van der Waals surface area contributed by atoms with Gasteiger partial charge in [0.1, 0.15) is 0 Å². The maximum Gasteiger partial charge on any atom is 0.241 e. The van der Waals surface area contributed by atoms with Crippen LogP contribution in [0.1, 0.15) is 29.9 Å². The molecule has 0 radical (unpaired) electrons. The van der Waals surface area contributed by atoms with Crippen LogP contribution in [0.5, 0.6) is 0 Å². The smallest absolute Gasteiger partial charge is 0.241 e. The first-order chi connectivity index (χ1) is 15.7. The zero-order chi connectivity index (χ0) is 22.2. The van der Waals surface area contributed by atoms with E-state index in [9.17, 15) is 4.79 Å². The van der Waals surface area contributed by atoms with Gasteiger partial charge in [0.15, 0.2) is 0 Å². The molecule has 0 bridgehead atoms. The van der Waals surface area contributed by atoms with Gasteiger partial charge in [-0.05, 0) is 44.5 Å². The third-order valence-electron chi connectivity index (χ3n) is 5.72. The molecule has 1 saturated heterocycles. The Morgan fingerprint density at radius 3 is 2.75 bits per heavy atom. The molecule has 1 amide bonds. The molecule has 168 valence electrons. The molecule has 32 heavy (non-hydrogen) atoms. The van der Waals surface area contributed by atoms with Crippen LogP contribution in [0.4, 0.5) is 0 Å². The highest BCUT2D eigenvalue weighted by Gasteiger charge is 2.25. The summed E-state index contributed by atoms with van der Waals surface area (Å²) < 4.78 is 5.46. The number of benzene rings is 2. The molecular formula is C25H30N4O2S. The minimum absolute atomic E-state index is 0.0934. The summed E-state index contributed by atoms with van der Waals surface area (Å²) in [5.74, 6) is 3.44. The van der Waals surface area contributed by atoms with E-state index in [-0.39, 0.29) is 11.8 Å². The van der Waals surface area contributed by atoms with E-state index in [4.69, 9.17) is 4.52 Å².